The van der Waals surface area contributed by atoms with Gasteiger partial charge in [-0.25, -0.2) is 4.79 Å². The van der Waals surface area contributed by atoms with Crippen molar-refractivity contribution in [2.24, 2.45) is 0 Å². The average molecular weight is 424 g/mol. The van der Waals surface area contributed by atoms with Crippen LogP contribution < -0.4 is 5.32 Å². The SMILES string of the molecule is O=C(CBr)CC(=O)NC1C(=O)N2C(C(=O)O)=C(C=CCl)CS[C@@H]12. The van der Waals surface area contributed by atoms with Crippen LogP contribution in [0, 0.1) is 0 Å². The van der Waals surface area contributed by atoms with Gasteiger partial charge in [-0.2, -0.15) is 0 Å². The number of hydrogen-bond donors (Lipinski definition) is 2. The highest BCUT2D eigenvalue weighted by Crippen LogP contribution is 2.40. The molecule has 1 fully saturated rings. The fourth-order valence-electron chi connectivity index (χ4n) is 2.30. The van der Waals surface area contributed by atoms with Crippen molar-refractivity contribution in [3.05, 3.63) is 22.9 Å². The number of carboxylic acid groups (broad SMARTS) is 1. The first-order chi connectivity index (χ1) is 10.9. The number of thioether (sulfide) groups is 1. The lowest BCUT2D eigenvalue weighted by Gasteiger charge is -2.49. The molecule has 1 unspecified atom stereocenters. The Morgan fingerprint density at radius 3 is 2.74 bits per heavy atom. The monoisotopic (exact) mass is 422 g/mol. The maximum atomic E-state index is 12.2. The minimum absolute atomic E-state index is 0.0589. The fraction of sp³-hybridized carbons (Fsp3) is 0.385. The van der Waals surface area contributed by atoms with E-state index >= 15 is 0 Å². The summed E-state index contributed by atoms with van der Waals surface area (Å²) in [5.41, 5.74) is 1.49. The Labute approximate surface area is 149 Å². The van der Waals surface area contributed by atoms with Crippen LogP contribution >= 0.6 is 39.3 Å². The van der Waals surface area contributed by atoms with Crippen LogP contribution in [-0.4, -0.2) is 56.1 Å². The minimum atomic E-state index is -1.23. The summed E-state index contributed by atoms with van der Waals surface area (Å²) in [6.45, 7) is 0. The van der Waals surface area contributed by atoms with Gasteiger partial charge in [0.25, 0.3) is 5.91 Å². The van der Waals surface area contributed by atoms with Crippen molar-refractivity contribution in [2.45, 2.75) is 17.8 Å². The van der Waals surface area contributed by atoms with Crippen LogP contribution in [0.3, 0.4) is 0 Å². The number of carbonyl (C=O) groups is 4. The molecule has 0 aromatic rings. The third kappa shape index (κ3) is 3.61. The molecule has 23 heavy (non-hydrogen) atoms. The molecule has 0 saturated carbocycles. The Morgan fingerprint density at radius 2 is 2.17 bits per heavy atom. The maximum absolute atomic E-state index is 12.2. The van der Waals surface area contributed by atoms with Crippen molar-refractivity contribution >= 4 is 62.9 Å². The van der Waals surface area contributed by atoms with Gasteiger partial charge in [-0.05, 0) is 11.6 Å². The third-order valence-electron chi connectivity index (χ3n) is 3.29. The molecule has 2 rings (SSSR count). The highest BCUT2D eigenvalue weighted by Gasteiger charge is 2.53. The summed E-state index contributed by atoms with van der Waals surface area (Å²) in [5, 5.41) is 11.4. The molecule has 7 nitrogen and oxygen atoms in total. The van der Waals surface area contributed by atoms with Crippen LogP contribution in [0.4, 0.5) is 0 Å². The third-order valence-corrected chi connectivity index (χ3v) is 5.34. The lowest BCUT2D eigenvalue weighted by atomic mass is 10.0. The number of alkyl halides is 1. The molecule has 2 heterocycles. The second-order valence-corrected chi connectivity index (χ2v) is 6.69. The molecule has 0 bridgehead atoms. The second-order valence-electron chi connectivity index (χ2n) is 4.78. The molecule has 0 radical (unpaired) electrons. The second kappa shape index (κ2) is 7.50. The summed E-state index contributed by atoms with van der Waals surface area (Å²) in [5.74, 6) is -2.25. The molecule has 1 saturated heterocycles. The first-order valence-corrected chi connectivity index (χ1v) is 9.06. The van der Waals surface area contributed by atoms with Crippen molar-refractivity contribution in [3.8, 4) is 0 Å². The van der Waals surface area contributed by atoms with Crippen LogP contribution in [0.5, 0.6) is 0 Å². The van der Waals surface area contributed by atoms with Gasteiger partial charge in [0.15, 0.2) is 5.78 Å². The summed E-state index contributed by atoms with van der Waals surface area (Å²) >= 11 is 9.77. The Hall–Kier alpha value is -1.32. The molecule has 2 aliphatic heterocycles. The number of carboxylic acids is 1. The number of ketones is 1. The lowest BCUT2D eigenvalue weighted by molar-refractivity contribution is -0.150. The van der Waals surface area contributed by atoms with Crippen LogP contribution in [0.2, 0.25) is 0 Å². The van der Waals surface area contributed by atoms with E-state index in [-0.39, 0.29) is 23.2 Å². The lowest BCUT2D eigenvalue weighted by Crippen LogP contribution is -2.70. The molecule has 0 aliphatic carbocycles. The van der Waals surface area contributed by atoms with Crippen molar-refractivity contribution in [3.63, 3.8) is 0 Å². The van der Waals surface area contributed by atoms with Crippen LogP contribution in [-0.2, 0) is 19.2 Å². The number of nitrogens with one attached hydrogen (secondary N) is 1. The quantitative estimate of drug-likeness (QED) is 0.373. The molecule has 2 amide bonds. The summed E-state index contributed by atoms with van der Waals surface area (Å²) in [7, 11) is 0. The molecule has 2 N–H and O–H groups in total. The fourth-order valence-corrected chi connectivity index (χ4v) is 3.97. The highest BCUT2D eigenvalue weighted by atomic mass is 79.9. The topological polar surface area (TPSA) is 104 Å². The van der Waals surface area contributed by atoms with Gasteiger partial charge in [-0.1, -0.05) is 27.5 Å². The van der Waals surface area contributed by atoms with Gasteiger partial charge < -0.3 is 10.4 Å². The number of amides is 2. The molecule has 0 aromatic carbocycles. The first kappa shape index (κ1) is 18.0. The van der Waals surface area contributed by atoms with Gasteiger partial charge in [-0.3, -0.25) is 19.3 Å². The molecule has 0 spiro atoms. The first-order valence-electron chi connectivity index (χ1n) is 6.45. The van der Waals surface area contributed by atoms with Crippen LogP contribution in [0.25, 0.3) is 0 Å². The van der Waals surface area contributed by atoms with E-state index in [1.54, 1.807) is 0 Å². The van der Waals surface area contributed by atoms with Gasteiger partial charge in [0.1, 0.15) is 17.1 Å². The van der Waals surface area contributed by atoms with E-state index in [1.807, 2.05) is 0 Å². The summed E-state index contributed by atoms with van der Waals surface area (Å²) in [6.07, 6.45) is 1.11. The molecule has 10 heteroatoms. The largest absolute Gasteiger partial charge is 0.477 e. The van der Waals surface area contributed by atoms with E-state index in [2.05, 4.69) is 21.2 Å². The standard InChI is InChI=1S/C13H12BrClN2O5S/c14-4-7(18)3-8(19)16-9-11(20)17-10(13(21)22)6(1-2-15)5-23-12(9)17/h1-2,9,12H,3-5H2,(H,16,19)(H,21,22)/t9?,12-/m0/s1. The molecular formula is C13H12BrClN2O5S. The molecule has 124 valence electrons. The number of allylic oxidation sites excluding steroid dienone is 1. The Balaban J connectivity index is 2.13. The van der Waals surface area contributed by atoms with Crippen molar-refractivity contribution in [1.29, 1.82) is 0 Å². The maximum Gasteiger partial charge on any atom is 0.352 e. The summed E-state index contributed by atoms with van der Waals surface area (Å²) in [4.78, 5) is 47.7. The normalized spacial score (nSPS) is 23.6. The number of hydrogen-bond acceptors (Lipinski definition) is 5. The Kier molecular flexibility index (Phi) is 5.88. The van der Waals surface area contributed by atoms with E-state index in [0.29, 0.717) is 11.3 Å². The number of nitrogens with zero attached hydrogens (tertiary/aromatic N) is 1. The summed E-state index contributed by atoms with van der Waals surface area (Å²) < 4.78 is 0. The predicted molar refractivity (Wildman–Crippen MR) is 88.1 cm³/mol. The molecule has 2 aliphatic rings. The van der Waals surface area contributed by atoms with E-state index in [4.69, 9.17) is 11.6 Å². The van der Waals surface area contributed by atoms with Crippen molar-refractivity contribution in [2.75, 3.05) is 11.1 Å². The molecule has 0 aromatic heterocycles. The number of rotatable bonds is 6. The van der Waals surface area contributed by atoms with Gasteiger partial charge >= 0.3 is 5.97 Å². The van der Waals surface area contributed by atoms with E-state index in [1.165, 1.54) is 23.4 Å². The molecule has 2 atom stereocenters. The zero-order valence-electron chi connectivity index (χ0n) is 11.6. The van der Waals surface area contributed by atoms with E-state index in [0.717, 1.165) is 4.90 Å². The number of halogens is 2. The zero-order valence-corrected chi connectivity index (χ0v) is 14.8. The smallest absolute Gasteiger partial charge is 0.352 e. The van der Waals surface area contributed by atoms with E-state index < -0.39 is 29.2 Å². The van der Waals surface area contributed by atoms with Crippen LogP contribution in [0.1, 0.15) is 6.42 Å². The molecular weight excluding hydrogens is 412 g/mol. The number of aliphatic carboxylic acids is 1. The zero-order chi connectivity index (χ0) is 17.1. The van der Waals surface area contributed by atoms with Gasteiger partial charge in [0.05, 0.1) is 11.8 Å². The Bertz CT molecular complexity index is 636. The summed E-state index contributed by atoms with van der Waals surface area (Å²) in [6, 6.07) is -0.827. The van der Waals surface area contributed by atoms with E-state index in [9.17, 15) is 24.3 Å². The average Bonchev–Trinajstić information content (AvgIpc) is 2.51. The van der Waals surface area contributed by atoms with Gasteiger partial charge in [0.2, 0.25) is 5.91 Å². The highest BCUT2D eigenvalue weighted by molar-refractivity contribution is 9.09. The predicted octanol–water partition coefficient (Wildman–Crippen LogP) is 0.832. The van der Waals surface area contributed by atoms with Crippen molar-refractivity contribution < 1.29 is 24.3 Å². The number of β-lactam (4-membered cyclic amide) rings is 1. The van der Waals surface area contributed by atoms with Crippen molar-refractivity contribution in [1.82, 2.24) is 10.2 Å². The minimum Gasteiger partial charge on any atom is -0.477 e. The number of carbonyl (C=O) groups excluding carboxylic acids is 3. The number of fused-ring (bicyclic) bond motifs is 1. The van der Waals surface area contributed by atoms with Gasteiger partial charge in [-0.15, -0.1) is 11.8 Å². The van der Waals surface area contributed by atoms with Gasteiger partial charge in [0, 0.05) is 11.3 Å². The number of Topliss-reactive ketones (excluding diaryl/α,β-unsaturated/α-hetero) is 1. The Morgan fingerprint density at radius 1 is 1.48 bits per heavy atom. The van der Waals surface area contributed by atoms with Crippen LogP contribution in [0.15, 0.2) is 22.9 Å².